The first kappa shape index (κ1) is 11.7. The van der Waals surface area contributed by atoms with Crippen molar-refractivity contribution < 1.29 is 0 Å². The largest absolute Gasteiger partial charge is 0.300 e. The Hall–Kier alpha value is -0.300. The fraction of sp³-hybridized carbons (Fsp3) is 0.818. The molecule has 0 N–H and O–H groups in total. The van der Waals surface area contributed by atoms with Gasteiger partial charge in [0.1, 0.15) is 0 Å². The lowest BCUT2D eigenvalue weighted by atomic mass is 10.3. The van der Waals surface area contributed by atoms with Crippen molar-refractivity contribution in [3.8, 4) is 0 Å². The van der Waals surface area contributed by atoms with Gasteiger partial charge in [0, 0.05) is 19.1 Å². The Kier molecular flexibility index (Phi) is 7.17. The topological polar surface area (TPSA) is 3.24 Å². The van der Waals surface area contributed by atoms with E-state index in [0.717, 1.165) is 6.04 Å². The van der Waals surface area contributed by atoms with E-state index >= 15 is 0 Å². The second kappa shape index (κ2) is 7.35. The van der Waals surface area contributed by atoms with Gasteiger partial charge in [-0.1, -0.05) is 26.0 Å². The van der Waals surface area contributed by atoms with Gasteiger partial charge in [0.2, 0.25) is 0 Å². The van der Waals surface area contributed by atoms with Crippen LogP contribution in [0.4, 0.5) is 0 Å². The van der Waals surface area contributed by atoms with Gasteiger partial charge in [-0.3, -0.25) is 0 Å². The van der Waals surface area contributed by atoms with Crippen LogP contribution < -0.4 is 0 Å². The molecule has 0 spiro atoms. The third-order valence-corrected chi connectivity index (χ3v) is 2.06. The molecule has 1 aliphatic rings. The van der Waals surface area contributed by atoms with E-state index < -0.39 is 0 Å². The SMILES string of the molecule is CC.CC(C)N1CCC=CCC1. The Morgan fingerprint density at radius 2 is 1.42 bits per heavy atom. The summed E-state index contributed by atoms with van der Waals surface area (Å²) < 4.78 is 0. The van der Waals surface area contributed by atoms with Gasteiger partial charge in [-0.05, 0) is 26.7 Å². The summed E-state index contributed by atoms with van der Waals surface area (Å²) in [6.07, 6.45) is 7.06. The van der Waals surface area contributed by atoms with E-state index in [1.54, 1.807) is 0 Å². The minimum atomic E-state index is 0.722. The first-order valence-electron chi connectivity index (χ1n) is 5.20. The lowest BCUT2D eigenvalue weighted by molar-refractivity contribution is 0.234. The van der Waals surface area contributed by atoms with Crippen molar-refractivity contribution in [2.75, 3.05) is 13.1 Å². The summed E-state index contributed by atoms with van der Waals surface area (Å²) >= 11 is 0. The standard InChI is InChI=1S/C9H17N.C2H6/c1-9(2)10-7-5-3-4-6-8-10;1-2/h3-4,9H,5-8H2,1-2H3;1-2H3. The molecule has 0 atom stereocenters. The van der Waals surface area contributed by atoms with E-state index in [0.29, 0.717) is 0 Å². The summed E-state index contributed by atoms with van der Waals surface area (Å²) in [6, 6.07) is 0.722. The minimum absolute atomic E-state index is 0.722. The Morgan fingerprint density at radius 1 is 1.00 bits per heavy atom. The zero-order valence-corrected chi connectivity index (χ0v) is 9.01. The average Bonchev–Trinajstić information content (AvgIpc) is 2.35. The third-order valence-electron chi connectivity index (χ3n) is 2.06. The van der Waals surface area contributed by atoms with Crippen molar-refractivity contribution >= 4 is 0 Å². The molecule has 0 unspecified atom stereocenters. The maximum atomic E-state index is 2.53. The zero-order chi connectivity index (χ0) is 9.40. The van der Waals surface area contributed by atoms with Crippen molar-refractivity contribution in [3.63, 3.8) is 0 Å². The number of hydrogen-bond donors (Lipinski definition) is 0. The van der Waals surface area contributed by atoms with Gasteiger partial charge < -0.3 is 4.90 Å². The average molecular weight is 169 g/mol. The monoisotopic (exact) mass is 169 g/mol. The van der Waals surface area contributed by atoms with Crippen molar-refractivity contribution in [3.05, 3.63) is 12.2 Å². The molecule has 0 aromatic heterocycles. The fourth-order valence-corrected chi connectivity index (χ4v) is 1.34. The van der Waals surface area contributed by atoms with Gasteiger partial charge in [0.25, 0.3) is 0 Å². The zero-order valence-electron chi connectivity index (χ0n) is 9.01. The summed E-state index contributed by atoms with van der Waals surface area (Å²) in [5, 5.41) is 0. The van der Waals surface area contributed by atoms with Crippen molar-refractivity contribution in [2.24, 2.45) is 0 Å². The number of hydrogen-bond acceptors (Lipinski definition) is 1. The molecule has 72 valence electrons. The predicted molar refractivity (Wildman–Crippen MR) is 56.4 cm³/mol. The molecule has 0 aliphatic carbocycles. The van der Waals surface area contributed by atoms with Gasteiger partial charge in [0.05, 0.1) is 0 Å². The van der Waals surface area contributed by atoms with Gasteiger partial charge in [0.15, 0.2) is 0 Å². The van der Waals surface area contributed by atoms with Crippen LogP contribution in [0.15, 0.2) is 12.2 Å². The van der Waals surface area contributed by atoms with Gasteiger partial charge in [-0.2, -0.15) is 0 Å². The van der Waals surface area contributed by atoms with Crippen LogP contribution in [0.3, 0.4) is 0 Å². The maximum absolute atomic E-state index is 2.53. The van der Waals surface area contributed by atoms with Crippen LogP contribution in [0.2, 0.25) is 0 Å². The first-order valence-corrected chi connectivity index (χ1v) is 5.20. The van der Waals surface area contributed by atoms with Crippen LogP contribution in [-0.2, 0) is 0 Å². The van der Waals surface area contributed by atoms with Crippen molar-refractivity contribution in [2.45, 2.75) is 46.6 Å². The molecular formula is C11H23N. The van der Waals surface area contributed by atoms with Crippen LogP contribution in [0.25, 0.3) is 0 Å². The Bertz CT molecular complexity index is 106. The lowest BCUT2D eigenvalue weighted by Gasteiger charge is -2.23. The van der Waals surface area contributed by atoms with Crippen molar-refractivity contribution in [1.29, 1.82) is 0 Å². The second-order valence-electron chi connectivity index (χ2n) is 3.18. The predicted octanol–water partition coefficient (Wildman–Crippen LogP) is 3.07. The molecule has 1 nitrogen and oxygen atoms in total. The lowest BCUT2D eigenvalue weighted by Crippen LogP contribution is -2.31. The van der Waals surface area contributed by atoms with E-state index in [1.807, 2.05) is 13.8 Å². The van der Waals surface area contributed by atoms with E-state index in [2.05, 4.69) is 30.9 Å². The van der Waals surface area contributed by atoms with Crippen LogP contribution in [-0.4, -0.2) is 24.0 Å². The molecule has 1 rings (SSSR count). The summed E-state index contributed by atoms with van der Waals surface area (Å²) in [6.45, 7) is 11.0. The molecule has 0 bridgehead atoms. The summed E-state index contributed by atoms with van der Waals surface area (Å²) in [7, 11) is 0. The summed E-state index contributed by atoms with van der Waals surface area (Å²) in [5.74, 6) is 0. The van der Waals surface area contributed by atoms with Crippen LogP contribution in [0.1, 0.15) is 40.5 Å². The smallest absolute Gasteiger partial charge is 0.00388 e. The molecule has 1 heterocycles. The molecule has 1 heteroatoms. The van der Waals surface area contributed by atoms with E-state index in [1.165, 1.54) is 25.9 Å². The first-order chi connectivity index (χ1) is 5.80. The van der Waals surface area contributed by atoms with Crippen LogP contribution >= 0.6 is 0 Å². The maximum Gasteiger partial charge on any atom is 0.00388 e. The van der Waals surface area contributed by atoms with Gasteiger partial charge in [-0.15, -0.1) is 0 Å². The molecular weight excluding hydrogens is 146 g/mol. The molecule has 0 radical (unpaired) electrons. The summed E-state index contributed by atoms with van der Waals surface area (Å²) in [5.41, 5.74) is 0. The number of rotatable bonds is 1. The third kappa shape index (κ3) is 4.55. The highest BCUT2D eigenvalue weighted by atomic mass is 15.1. The van der Waals surface area contributed by atoms with E-state index in [9.17, 15) is 0 Å². The van der Waals surface area contributed by atoms with Crippen molar-refractivity contribution in [1.82, 2.24) is 4.90 Å². The Balaban J connectivity index is 0.000000561. The van der Waals surface area contributed by atoms with Gasteiger partial charge >= 0.3 is 0 Å². The van der Waals surface area contributed by atoms with E-state index in [4.69, 9.17) is 0 Å². The second-order valence-corrected chi connectivity index (χ2v) is 3.18. The Labute approximate surface area is 77.5 Å². The quantitative estimate of drug-likeness (QED) is 0.545. The molecule has 12 heavy (non-hydrogen) atoms. The molecule has 0 aromatic carbocycles. The van der Waals surface area contributed by atoms with Crippen LogP contribution in [0, 0.1) is 0 Å². The molecule has 0 fully saturated rings. The highest BCUT2D eigenvalue weighted by Crippen LogP contribution is 2.05. The highest BCUT2D eigenvalue weighted by molar-refractivity contribution is 4.87. The highest BCUT2D eigenvalue weighted by Gasteiger charge is 2.07. The molecule has 0 saturated heterocycles. The molecule has 0 saturated carbocycles. The summed E-state index contributed by atoms with van der Waals surface area (Å²) in [4.78, 5) is 2.53. The normalized spacial score (nSPS) is 18.4. The Morgan fingerprint density at radius 3 is 1.75 bits per heavy atom. The minimum Gasteiger partial charge on any atom is -0.300 e. The molecule has 1 aliphatic heterocycles. The van der Waals surface area contributed by atoms with E-state index in [-0.39, 0.29) is 0 Å². The number of nitrogens with zero attached hydrogens (tertiary/aromatic N) is 1. The van der Waals surface area contributed by atoms with Gasteiger partial charge in [-0.25, -0.2) is 0 Å². The van der Waals surface area contributed by atoms with Crippen LogP contribution in [0.5, 0.6) is 0 Å². The molecule has 0 aromatic rings. The molecule has 0 amide bonds. The fourth-order valence-electron chi connectivity index (χ4n) is 1.34.